The molecule has 0 N–H and O–H groups in total. The molecule has 0 aliphatic carbocycles. The first-order valence-electron chi connectivity index (χ1n) is 7.39. The molecule has 0 bridgehead atoms. The van der Waals surface area contributed by atoms with E-state index >= 15 is 0 Å². The Morgan fingerprint density at radius 1 is 0.739 bits per heavy atom. The Balaban J connectivity index is 2.16. The Kier molecular flexibility index (Phi) is 4.23. The highest BCUT2D eigenvalue weighted by atomic mass is 28.4. The summed E-state index contributed by atoms with van der Waals surface area (Å²) in [6, 6.07) is 24.7. The largest absolute Gasteiger partial charge is 0.848 e. The highest BCUT2D eigenvalue weighted by molar-refractivity contribution is 7.08. The summed E-state index contributed by atoms with van der Waals surface area (Å²) in [6.07, 6.45) is 0. The van der Waals surface area contributed by atoms with Crippen LogP contribution in [0.4, 0.5) is 4.39 Å². The van der Waals surface area contributed by atoms with Gasteiger partial charge in [-0.2, -0.15) is 0 Å². The zero-order valence-corrected chi connectivity index (χ0v) is 13.6. The van der Waals surface area contributed by atoms with Gasteiger partial charge >= 0.3 is 0 Å². The molecule has 23 heavy (non-hydrogen) atoms. The molecule has 0 fully saturated rings. The van der Waals surface area contributed by atoms with Crippen molar-refractivity contribution < 1.29 is 9.19 Å². The monoisotopic (exact) mass is 319 g/mol. The Morgan fingerprint density at radius 2 is 1.17 bits per heavy atom. The van der Waals surface area contributed by atoms with Gasteiger partial charge in [0.2, 0.25) is 0 Å². The Bertz CT molecular complexity index is 759. The first-order valence-corrected chi connectivity index (χ1v) is 9.30. The van der Waals surface area contributed by atoms with Crippen LogP contribution in [0.3, 0.4) is 0 Å². The molecule has 1 nitrogen and oxygen atoms in total. The topological polar surface area (TPSA) is 23.1 Å². The summed E-state index contributed by atoms with van der Waals surface area (Å²) in [7, 11) is -3.43. The van der Waals surface area contributed by atoms with Crippen LogP contribution in [0, 0.1) is 5.82 Å². The summed E-state index contributed by atoms with van der Waals surface area (Å²) < 4.78 is 13.2. The van der Waals surface area contributed by atoms with Gasteiger partial charge in [-0.25, -0.2) is 4.39 Å². The third-order valence-electron chi connectivity index (χ3n) is 3.98. The number of hydrogen-bond acceptors (Lipinski definition) is 1. The SMILES string of the molecule is C=C(c1ccc(F)cc1)[Si]([O-])(c1ccccc1)c1ccccc1. The van der Waals surface area contributed by atoms with Gasteiger partial charge in [-0.3, -0.25) is 0 Å². The normalized spacial score (nSPS) is 11.2. The summed E-state index contributed by atoms with van der Waals surface area (Å²) in [5, 5.41) is 2.04. The summed E-state index contributed by atoms with van der Waals surface area (Å²) >= 11 is 0. The van der Waals surface area contributed by atoms with Crippen molar-refractivity contribution in [3.63, 3.8) is 0 Å². The van der Waals surface area contributed by atoms with Gasteiger partial charge in [0.1, 0.15) is 5.82 Å². The van der Waals surface area contributed by atoms with E-state index in [1.165, 1.54) is 12.1 Å². The molecule has 0 aromatic heterocycles. The molecule has 0 atom stereocenters. The predicted octanol–water partition coefficient (Wildman–Crippen LogP) is 2.50. The second kappa shape index (κ2) is 6.32. The molecule has 0 unspecified atom stereocenters. The average Bonchev–Trinajstić information content (AvgIpc) is 2.62. The predicted molar refractivity (Wildman–Crippen MR) is 93.3 cm³/mol. The van der Waals surface area contributed by atoms with Crippen LogP contribution in [-0.2, 0) is 0 Å². The smallest absolute Gasteiger partial charge is 0.123 e. The first kappa shape index (κ1) is 15.4. The highest BCUT2D eigenvalue weighted by Crippen LogP contribution is 2.21. The molecule has 3 aromatic rings. The molecule has 0 radical (unpaired) electrons. The lowest BCUT2D eigenvalue weighted by molar-refractivity contribution is -0.193. The van der Waals surface area contributed by atoms with E-state index in [0.29, 0.717) is 10.8 Å². The fraction of sp³-hybridized carbons (Fsp3) is 0. The standard InChI is InChI=1S/C20H16FOSi/c1-16(17-12-14-18(21)15-13-17)23(22,19-8-4-2-5-9-19)20-10-6-3-7-11-20/h2-15H,1H2/q-1. The molecule has 3 rings (SSSR count). The van der Waals surface area contributed by atoms with E-state index in [1.54, 1.807) is 12.1 Å². The van der Waals surface area contributed by atoms with Gasteiger partial charge in [-0.1, -0.05) is 94.9 Å². The number of halogens is 1. The van der Waals surface area contributed by atoms with Crippen molar-refractivity contribution in [2.75, 3.05) is 0 Å². The molecule has 0 spiro atoms. The Hall–Kier alpha value is -2.49. The van der Waals surface area contributed by atoms with Gasteiger partial charge in [0.25, 0.3) is 0 Å². The minimum Gasteiger partial charge on any atom is -0.848 e. The second-order valence-electron chi connectivity index (χ2n) is 5.40. The van der Waals surface area contributed by atoms with E-state index in [0.717, 1.165) is 10.4 Å². The molecule has 0 saturated heterocycles. The quantitative estimate of drug-likeness (QED) is 0.678. The van der Waals surface area contributed by atoms with E-state index in [9.17, 15) is 9.19 Å². The molecule has 0 saturated carbocycles. The lowest BCUT2D eigenvalue weighted by Gasteiger charge is -2.42. The maximum atomic E-state index is 14.0. The maximum absolute atomic E-state index is 14.0. The van der Waals surface area contributed by atoms with Crippen molar-refractivity contribution in [2.45, 2.75) is 0 Å². The first-order chi connectivity index (χ1) is 11.1. The zero-order chi connectivity index (χ0) is 16.3. The van der Waals surface area contributed by atoms with Crippen molar-refractivity contribution >= 4 is 23.9 Å². The second-order valence-corrected chi connectivity index (χ2v) is 8.52. The van der Waals surface area contributed by atoms with Crippen LogP contribution in [0.15, 0.2) is 91.5 Å². The van der Waals surface area contributed by atoms with Gasteiger partial charge in [0.05, 0.1) is 8.32 Å². The van der Waals surface area contributed by atoms with Gasteiger partial charge < -0.3 is 4.80 Å². The lowest BCUT2D eigenvalue weighted by Crippen LogP contribution is -2.69. The molecular formula is C20H16FOSi-. The summed E-state index contributed by atoms with van der Waals surface area (Å²) in [5.41, 5.74) is 0.695. The molecule has 3 aromatic carbocycles. The molecule has 0 amide bonds. The van der Waals surface area contributed by atoms with E-state index in [1.807, 2.05) is 60.7 Å². The highest BCUT2D eigenvalue weighted by Gasteiger charge is 2.27. The van der Waals surface area contributed by atoms with Crippen molar-refractivity contribution in [1.82, 2.24) is 0 Å². The molecular weight excluding hydrogens is 303 g/mol. The summed E-state index contributed by atoms with van der Waals surface area (Å²) in [6.45, 7) is 4.11. The Morgan fingerprint density at radius 3 is 1.61 bits per heavy atom. The zero-order valence-electron chi connectivity index (χ0n) is 12.6. The lowest BCUT2D eigenvalue weighted by atomic mass is 10.2. The van der Waals surface area contributed by atoms with E-state index < -0.39 is 8.32 Å². The molecule has 0 heterocycles. The van der Waals surface area contributed by atoms with Crippen LogP contribution >= 0.6 is 0 Å². The van der Waals surface area contributed by atoms with Crippen LogP contribution in [-0.4, -0.2) is 8.32 Å². The summed E-state index contributed by atoms with van der Waals surface area (Å²) in [4.78, 5) is 14.0. The van der Waals surface area contributed by atoms with Crippen LogP contribution in [0.2, 0.25) is 0 Å². The molecule has 3 heteroatoms. The number of hydrogen-bond donors (Lipinski definition) is 0. The fourth-order valence-electron chi connectivity index (χ4n) is 2.72. The van der Waals surface area contributed by atoms with Crippen molar-refractivity contribution in [1.29, 1.82) is 0 Å². The van der Waals surface area contributed by atoms with Gasteiger partial charge in [0.15, 0.2) is 0 Å². The minimum atomic E-state index is -3.43. The third-order valence-corrected chi connectivity index (χ3v) is 7.41. The molecule has 0 aliphatic rings. The van der Waals surface area contributed by atoms with E-state index in [4.69, 9.17) is 0 Å². The van der Waals surface area contributed by atoms with Crippen molar-refractivity contribution in [3.8, 4) is 0 Å². The number of benzene rings is 3. The van der Waals surface area contributed by atoms with Gasteiger partial charge in [0, 0.05) is 0 Å². The minimum absolute atomic E-state index is 0.320. The number of rotatable bonds is 4. The fourth-order valence-corrected chi connectivity index (χ4v) is 5.64. The summed E-state index contributed by atoms with van der Waals surface area (Å²) in [5.74, 6) is -0.320. The third kappa shape index (κ3) is 2.89. The van der Waals surface area contributed by atoms with E-state index in [2.05, 4.69) is 6.58 Å². The van der Waals surface area contributed by atoms with Crippen LogP contribution in [0.25, 0.3) is 5.20 Å². The van der Waals surface area contributed by atoms with Crippen molar-refractivity contribution in [2.24, 2.45) is 0 Å². The molecule has 0 aliphatic heterocycles. The van der Waals surface area contributed by atoms with Crippen molar-refractivity contribution in [3.05, 3.63) is 103 Å². The average molecular weight is 319 g/mol. The van der Waals surface area contributed by atoms with Crippen LogP contribution in [0.5, 0.6) is 0 Å². The van der Waals surface area contributed by atoms with Crippen LogP contribution in [0.1, 0.15) is 5.56 Å². The maximum Gasteiger partial charge on any atom is 0.123 e. The van der Waals surface area contributed by atoms with Crippen LogP contribution < -0.4 is 15.2 Å². The van der Waals surface area contributed by atoms with Gasteiger partial charge in [-0.15, -0.1) is 0 Å². The molecule has 114 valence electrons. The van der Waals surface area contributed by atoms with Gasteiger partial charge in [-0.05, 0) is 17.7 Å². The van der Waals surface area contributed by atoms with E-state index in [-0.39, 0.29) is 5.82 Å². The Labute approximate surface area is 136 Å².